The van der Waals surface area contributed by atoms with E-state index >= 15 is 0 Å². The lowest BCUT2D eigenvalue weighted by Crippen LogP contribution is -2.36. The Morgan fingerprint density at radius 1 is 0.971 bits per heavy atom. The van der Waals surface area contributed by atoms with E-state index in [1.165, 1.54) is 6.26 Å². The smallest absolute Gasteiger partial charge is 0.209 e. The molecular formula is C23H26N8O2S. The van der Waals surface area contributed by atoms with Crippen molar-refractivity contribution in [3.05, 3.63) is 55.2 Å². The van der Waals surface area contributed by atoms with Crippen LogP contribution in [0.3, 0.4) is 0 Å². The molecular weight excluding hydrogens is 452 g/mol. The molecule has 1 N–H and O–H groups in total. The fourth-order valence-corrected chi connectivity index (χ4v) is 5.07. The van der Waals surface area contributed by atoms with E-state index in [0.29, 0.717) is 25.3 Å². The second kappa shape index (κ2) is 8.65. The molecule has 0 unspecified atom stereocenters. The van der Waals surface area contributed by atoms with Crippen LogP contribution in [0.25, 0.3) is 33.6 Å². The molecule has 3 aromatic heterocycles. The van der Waals surface area contributed by atoms with Crippen LogP contribution in [-0.4, -0.2) is 63.3 Å². The summed E-state index contributed by atoms with van der Waals surface area (Å²) in [5, 5.41) is 8.56. The van der Waals surface area contributed by atoms with Crippen molar-refractivity contribution in [2.45, 2.75) is 12.5 Å². The second-order valence-corrected chi connectivity index (χ2v) is 10.4. The summed E-state index contributed by atoms with van der Waals surface area (Å²) < 4.78 is 29.7. The topological polar surface area (TPSA) is 111 Å². The fourth-order valence-electron chi connectivity index (χ4n) is 4.28. The summed E-state index contributed by atoms with van der Waals surface area (Å²) in [6.45, 7) is 1.22. The number of benzene rings is 1. The van der Waals surface area contributed by atoms with Gasteiger partial charge in [0, 0.05) is 74.1 Å². The van der Waals surface area contributed by atoms with Crippen LogP contribution in [0.4, 0.5) is 5.82 Å². The van der Waals surface area contributed by atoms with Crippen molar-refractivity contribution in [1.29, 1.82) is 0 Å². The van der Waals surface area contributed by atoms with E-state index in [4.69, 9.17) is 4.98 Å². The van der Waals surface area contributed by atoms with Crippen LogP contribution in [0, 0.1) is 0 Å². The van der Waals surface area contributed by atoms with Gasteiger partial charge in [-0.1, -0.05) is 18.2 Å². The number of nitrogens with one attached hydrogen (secondary N) is 1. The third-order valence-electron chi connectivity index (χ3n) is 5.81. The van der Waals surface area contributed by atoms with Gasteiger partial charge in [-0.05, 0) is 18.1 Å². The minimum Gasteiger partial charge on any atom is -0.354 e. The maximum atomic E-state index is 11.7. The highest BCUT2D eigenvalue weighted by molar-refractivity contribution is 7.88. The first-order chi connectivity index (χ1) is 16.2. The SMILES string of the molecule is Cn1cc(-c2cccc(-c3ncc(-c4cnn(C)c4)c(N4CC[C@@H](NS(C)(=O)=O)C4)n3)c2)cn1. The zero-order valence-corrected chi connectivity index (χ0v) is 20.1. The van der Waals surface area contributed by atoms with Gasteiger partial charge in [0.1, 0.15) is 5.82 Å². The summed E-state index contributed by atoms with van der Waals surface area (Å²) in [7, 11) is 0.474. The number of hydrogen-bond donors (Lipinski definition) is 1. The molecule has 0 spiro atoms. The van der Waals surface area contributed by atoms with Crippen LogP contribution in [0.15, 0.2) is 55.2 Å². The fraction of sp³-hybridized carbons (Fsp3) is 0.304. The van der Waals surface area contributed by atoms with Gasteiger partial charge in [-0.3, -0.25) is 9.36 Å². The summed E-state index contributed by atoms with van der Waals surface area (Å²) in [5.74, 6) is 1.37. The Hall–Kier alpha value is -3.57. The maximum absolute atomic E-state index is 11.7. The molecule has 1 atom stereocenters. The van der Waals surface area contributed by atoms with E-state index in [-0.39, 0.29) is 6.04 Å². The van der Waals surface area contributed by atoms with Gasteiger partial charge in [0.05, 0.1) is 18.6 Å². The minimum absolute atomic E-state index is 0.163. The normalized spacial score (nSPS) is 16.3. The van der Waals surface area contributed by atoms with Crippen molar-refractivity contribution >= 4 is 15.8 Å². The molecule has 0 aliphatic carbocycles. The number of anilines is 1. The molecule has 10 nitrogen and oxygen atoms in total. The quantitative estimate of drug-likeness (QED) is 0.452. The zero-order chi connectivity index (χ0) is 23.9. The number of aryl methyl sites for hydroxylation is 2. The predicted molar refractivity (Wildman–Crippen MR) is 130 cm³/mol. The van der Waals surface area contributed by atoms with E-state index in [1.807, 2.05) is 57.1 Å². The van der Waals surface area contributed by atoms with Crippen LogP contribution in [0.1, 0.15) is 6.42 Å². The Labute approximate surface area is 198 Å². The van der Waals surface area contributed by atoms with Gasteiger partial charge in [0.25, 0.3) is 0 Å². The average Bonchev–Trinajstić information content (AvgIpc) is 3.54. The molecule has 4 aromatic rings. The van der Waals surface area contributed by atoms with Gasteiger partial charge in [-0.15, -0.1) is 0 Å². The Morgan fingerprint density at radius 2 is 1.68 bits per heavy atom. The number of rotatable bonds is 6. The van der Waals surface area contributed by atoms with E-state index in [1.54, 1.807) is 15.6 Å². The van der Waals surface area contributed by atoms with Gasteiger partial charge in [-0.25, -0.2) is 23.1 Å². The molecule has 0 bridgehead atoms. The lowest BCUT2D eigenvalue weighted by atomic mass is 10.1. The predicted octanol–water partition coefficient (Wildman–Crippen LogP) is 2.07. The van der Waals surface area contributed by atoms with Gasteiger partial charge in [0.2, 0.25) is 10.0 Å². The molecule has 1 aliphatic heterocycles. The third-order valence-corrected chi connectivity index (χ3v) is 6.57. The number of hydrogen-bond acceptors (Lipinski definition) is 7. The molecule has 1 fully saturated rings. The van der Waals surface area contributed by atoms with Crippen LogP contribution in [-0.2, 0) is 24.1 Å². The Morgan fingerprint density at radius 3 is 2.35 bits per heavy atom. The van der Waals surface area contributed by atoms with Crippen molar-refractivity contribution in [3.8, 4) is 33.6 Å². The van der Waals surface area contributed by atoms with Gasteiger partial charge in [-0.2, -0.15) is 10.2 Å². The first kappa shape index (κ1) is 22.2. The van der Waals surface area contributed by atoms with Crippen molar-refractivity contribution in [2.24, 2.45) is 14.1 Å². The number of aromatic nitrogens is 6. The van der Waals surface area contributed by atoms with Gasteiger partial charge in [0.15, 0.2) is 5.82 Å². The standard InChI is InChI=1S/C23H26N8O2S/c1-29-13-18(10-25-29)16-5-4-6-17(9-16)22-24-12-21(19-11-26-30(2)14-19)23(27-22)31-8-7-20(15-31)28-34(3,32)33/h4-6,9-14,20,28H,7-8,15H2,1-3H3/t20-/m1/s1. The van der Waals surface area contributed by atoms with E-state index < -0.39 is 10.0 Å². The molecule has 0 saturated carbocycles. The van der Waals surface area contributed by atoms with Crippen LogP contribution < -0.4 is 9.62 Å². The molecule has 0 radical (unpaired) electrons. The third kappa shape index (κ3) is 4.70. The van der Waals surface area contributed by atoms with E-state index in [2.05, 4.69) is 30.9 Å². The largest absolute Gasteiger partial charge is 0.354 e. The highest BCUT2D eigenvalue weighted by atomic mass is 32.2. The van der Waals surface area contributed by atoms with Crippen molar-refractivity contribution in [2.75, 3.05) is 24.2 Å². The van der Waals surface area contributed by atoms with Crippen molar-refractivity contribution in [3.63, 3.8) is 0 Å². The molecule has 176 valence electrons. The highest BCUT2D eigenvalue weighted by Crippen LogP contribution is 2.33. The average molecular weight is 479 g/mol. The molecule has 1 saturated heterocycles. The van der Waals surface area contributed by atoms with Gasteiger partial charge < -0.3 is 4.90 Å². The first-order valence-electron chi connectivity index (χ1n) is 10.9. The van der Waals surface area contributed by atoms with Crippen molar-refractivity contribution in [1.82, 2.24) is 34.3 Å². The molecule has 1 aromatic carbocycles. The molecule has 0 amide bonds. The maximum Gasteiger partial charge on any atom is 0.209 e. The Kier molecular flexibility index (Phi) is 5.66. The van der Waals surface area contributed by atoms with Crippen LogP contribution in [0.5, 0.6) is 0 Å². The summed E-state index contributed by atoms with van der Waals surface area (Å²) in [5.41, 5.74) is 4.72. The van der Waals surface area contributed by atoms with E-state index in [9.17, 15) is 8.42 Å². The molecule has 5 rings (SSSR count). The summed E-state index contributed by atoms with van der Waals surface area (Å²) in [6, 6.07) is 7.90. The van der Waals surface area contributed by atoms with E-state index in [0.717, 1.165) is 33.6 Å². The summed E-state index contributed by atoms with van der Waals surface area (Å²) in [6.07, 6.45) is 11.2. The molecule has 1 aliphatic rings. The van der Waals surface area contributed by atoms with Crippen LogP contribution >= 0.6 is 0 Å². The second-order valence-electron chi connectivity index (χ2n) is 8.64. The summed E-state index contributed by atoms with van der Waals surface area (Å²) >= 11 is 0. The number of sulfonamides is 1. The first-order valence-corrected chi connectivity index (χ1v) is 12.8. The minimum atomic E-state index is -3.28. The van der Waals surface area contributed by atoms with Crippen molar-refractivity contribution < 1.29 is 8.42 Å². The van der Waals surface area contributed by atoms with Crippen LogP contribution in [0.2, 0.25) is 0 Å². The summed E-state index contributed by atoms with van der Waals surface area (Å²) in [4.78, 5) is 11.8. The Balaban J connectivity index is 1.53. The monoisotopic (exact) mass is 478 g/mol. The lowest BCUT2D eigenvalue weighted by molar-refractivity contribution is 0.567. The zero-order valence-electron chi connectivity index (χ0n) is 19.3. The lowest BCUT2D eigenvalue weighted by Gasteiger charge is -2.21. The molecule has 4 heterocycles. The molecule has 11 heteroatoms. The molecule has 34 heavy (non-hydrogen) atoms. The Bertz CT molecular complexity index is 1440. The highest BCUT2D eigenvalue weighted by Gasteiger charge is 2.28. The van der Waals surface area contributed by atoms with Gasteiger partial charge >= 0.3 is 0 Å². The number of nitrogens with zero attached hydrogens (tertiary/aromatic N) is 7.